The van der Waals surface area contributed by atoms with Gasteiger partial charge in [-0.15, -0.1) is 0 Å². The van der Waals surface area contributed by atoms with E-state index in [0.29, 0.717) is 18.8 Å². The van der Waals surface area contributed by atoms with E-state index in [1.54, 1.807) is 19.3 Å². The third kappa shape index (κ3) is 4.95. The summed E-state index contributed by atoms with van der Waals surface area (Å²) in [7, 11) is 0. The summed E-state index contributed by atoms with van der Waals surface area (Å²) in [6.07, 6.45) is -1.06. The zero-order valence-corrected chi connectivity index (χ0v) is 9.01. The Balaban J connectivity index is 2.19. The van der Waals surface area contributed by atoms with Gasteiger partial charge in [0.15, 0.2) is 0 Å². The van der Waals surface area contributed by atoms with Crippen LogP contribution in [0.25, 0.3) is 0 Å². The Kier molecular flexibility index (Phi) is 4.52. The average Bonchev–Trinajstić information content (AvgIpc) is 2.18. The van der Waals surface area contributed by atoms with Crippen molar-refractivity contribution < 1.29 is 13.2 Å². The first-order chi connectivity index (χ1) is 7.49. The van der Waals surface area contributed by atoms with Crippen molar-refractivity contribution in [3.8, 4) is 0 Å². The molecular weight excluding hydrogens is 219 g/mol. The number of unbranched alkanes of at least 4 members (excludes halogenated alkanes) is 1. The van der Waals surface area contributed by atoms with E-state index in [-0.39, 0.29) is 6.42 Å². The number of nitrogens with zero attached hydrogens (tertiary/aromatic N) is 2. The number of halogens is 3. The summed E-state index contributed by atoms with van der Waals surface area (Å²) < 4.78 is 35.5. The Morgan fingerprint density at radius 3 is 2.50 bits per heavy atom. The number of alkyl halides is 3. The second-order valence-electron chi connectivity index (χ2n) is 3.49. The summed E-state index contributed by atoms with van der Waals surface area (Å²) in [5.74, 6) is 0.634. The van der Waals surface area contributed by atoms with Crippen LogP contribution in [0.4, 0.5) is 19.0 Å². The lowest BCUT2D eigenvalue weighted by atomic mass is 10.2. The molecule has 16 heavy (non-hydrogen) atoms. The molecule has 1 rings (SSSR count). The molecule has 0 atom stereocenters. The van der Waals surface area contributed by atoms with Crippen molar-refractivity contribution in [2.45, 2.75) is 32.4 Å². The molecule has 0 spiro atoms. The quantitative estimate of drug-likeness (QED) is 0.794. The van der Waals surface area contributed by atoms with Gasteiger partial charge in [-0.2, -0.15) is 13.2 Å². The fourth-order valence-corrected chi connectivity index (χ4v) is 1.24. The Morgan fingerprint density at radius 2 is 1.88 bits per heavy atom. The molecule has 0 unspecified atom stereocenters. The highest BCUT2D eigenvalue weighted by molar-refractivity contribution is 5.37. The van der Waals surface area contributed by atoms with Crippen molar-refractivity contribution in [1.82, 2.24) is 9.97 Å². The van der Waals surface area contributed by atoms with Gasteiger partial charge in [0.25, 0.3) is 0 Å². The van der Waals surface area contributed by atoms with Crippen LogP contribution in [0.2, 0.25) is 0 Å². The molecule has 1 aromatic rings. The van der Waals surface area contributed by atoms with Crippen molar-refractivity contribution in [3.63, 3.8) is 0 Å². The molecule has 0 saturated carbocycles. The molecule has 0 saturated heterocycles. The number of aryl methyl sites for hydroxylation is 1. The van der Waals surface area contributed by atoms with Gasteiger partial charge < -0.3 is 5.32 Å². The molecule has 0 radical (unpaired) electrons. The minimum Gasteiger partial charge on any atom is -0.369 e. The summed E-state index contributed by atoms with van der Waals surface area (Å²) in [5.41, 5.74) is 0.748. The number of aromatic nitrogens is 2. The topological polar surface area (TPSA) is 37.8 Å². The van der Waals surface area contributed by atoms with Crippen molar-refractivity contribution in [2.75, 3.05) is 11.9 Å². The number of rotatable bonds is 5. The zero-order valence-electron chi connectivity index (χ0n) is 9.01. The van der Waals surface area contributed by atoms with Crippen LogP contribution >= 0.6 is 0 Å². The molecule has 0 aliphatic rings. The first-order valence-electron chi connectivity index (χ1n) is 5.07. The van der Waals surface area contributed by atoms with Gasteiger partial charge >= 0.3 is 6.18 Å². The van der Waals surface area contributed by atoms with E-state index in [2.05, 4.69) is 15.3 Å². The summed E-state index contributed by atoms with van der Waals surface area (Å²) in [6.45, 7) is 2.28. The summed E-state index contributed by atoms with van der Waals surface area (Å²) >= 11 is 0. The molecule has 3 nitrogen and oxygen atoms in total. The standard InChI is InChI=1S/C10H14F3N3/c1-8-9(16-7-6-14-8)15-5-3-2-4-10(11,12)13/h6-7H,2-5H2,1H3,(H,15,16). The minimum absolute atomic E-state index is 0.135. The van der Waals surface area contributed by atoms with Crippen LogP contribution in [-0.4, -0.2) is 22.7 Å². The van der Waals surface area contributed by atoms with Crippen molar-refractivity contribution in [1.29, 1.82) is 0 Å². The smallest absolute Gasteiger partial charge is 0.369 e. The first kappa shape index (κ1) is 12.7. The summed E-state index contributed by atoms with van der Waals surface area (Å²) in [6, 6.07) is 0. The molecule has 1 N–H and O–H groups in total. The maximum absolute atomic E-state index is 11.8. The third-order valence-electron chi connectivity index (χ3n) is 2.06. The van der Waals surface area contributed by atoms with Crippen molar-refractivity contribution >= 4 is 5.82 Å². The second-order valence-corrected chi connectivity index (χ2v) is 3.49. The lowest BCUT2D eigenvalue weighted by Gasteiger charge is -2.08. The fraction of sp³-hybridized carbons (Fsp3) is 0.600. The molecule has 0 aliphatic carbocycles. The number of anilines is 1. The molecule has 0 amide bonds. The van der Waals surface area contributed by atoms with Crippen LogP contribution < -0.4 is 5.32 Å². The molecular formula is C10H14F3N3. The van der Waals surface area contributed by atoms with Crippen LogP contribution in [0.15, 0.2) is 12.4 Å². The molecule has 0 aromatic carbocycles. The fourth-order valence-electron chi connectivity index (χ4n) is 1.24. The van der Waals surface area contributed by atoms with E-state index in [1.165, 1.54) is 0 Å². The normalized spacial score (nSPS) is 11.5. The Labute approximate surface area is 92.1 Å². The molecule has 0 aliphatic heterocycles. The van der Waals surface area contributed by atoms with E-state index < -0.39 is 12.6 Å². The minimum atomic E-state index is -4.05. The molecule has 0 fully saturated rings. The van der Waals surface area contributed by atoms with E-state index in [9.17, 15) is 13.2 Å². The summed E-state index contributed by atoms with van der Waals surface area (Å²) in [5, 5.41) is 2.96. The van der Waals surface area contributed by atoms with Crippen LogP contribution in [-0.2, 0) is 0 Å². The molecule has 1 aromatic heterocycles. The van der Waals surface area contributed by atoms with Gasteiger partial charge in [0, 0.05) is 25.4 Å². The predicted octanol–water partition coefficient (Wildman–Crippen LogP) is 2.93. The zero-order chi connectivity index (χ0) is 12.0. The SMILES string of the molecule is Cc1nccnc1NCCCCC(F)(F)F. The molecule has 0 bridgehead atoms. The Bertz CT molecular complexity index is 325. The highest BCUT2D eigenvalue weighted by Gasteiger charge is 2.25. The molecule has 6 heteroatoms. The third-order valence-corrected chi connectivity index (χ3v) is 2.06. The second kappa shape index (κ2) is 5.67. The van der Waals surface area contributed by atoms with Crippen LogP contribution in [0, 0.1) is 6.92 Å². The van der Waals surface area contributed by atoms with Crippen LogP contribution in [0.5, 0.6) is 0 Å². The highest BCUT2D eigenvalue weighted by Crippen LogP contribution is 2.22. The monoisotopic (exact) mass is 233 g/mol. The lowest BCUT2D eigenvalue weighted by molar-refractivity contribution is -0.135. The predicted molar refractivity (Wildman–Crippen MR) is 55.2 cm³/mol. The van der Waals surface area contributed by atoms with Gasteiger partial charge in [-0.1, -0.05) is 0 Å². The summed E-state index contributed by atoms with van der Waals surface area (Å²) in [4.78, 5) is 8.04. The van der Waals surface area contributed by atoms with E-state index in [0.717, 1.165) is 5.69 Å². The molecule has 90 valence electrons. The van der Waals surface area contributed by atoms with E-state index >= 15 is 0 Å². The highest BCUT2D eigenvalue weighted by atomic mass is 19.4. The van der Waals surface area contributed by atoms with Gasteiger partial charge in [0.05, 0.1) is 5.69 Å². The van der Waals surface area contributed by atoms with Gasteiger partial charge in [-0.25, -0.2) is 4.98 Å². The number of hydrogen-bond donors (Lipinski definition) is 1. The van der Waals surface area contributed by atoms with Crippen molar-refractivity contribution in [2.24, 2.45) is 0 Å². The number of nitrogens with one attached hydrogen (secondary N) is 1. The molecule has 1 heterocycles. The first-order valence-corrected chi connectivity index (χ1v) is 5.07. The maximum atomic E-state index is 11.8. The van der Waals surface area contributed by atoms with E-state index in [1.807, 2.05) is 0 Å². The van der Waals surface area contributed by atoms with Gasteiger partial charge in [-0.3, -0.25) is 4.98 Å². The Hall–Kier alpha value is -1.33. The van der Waals surface area contributed by atoms with Crippen LogP contribution in [0.3, 0.4) is 0 Å². The largest absolute Gasteiger partial charge is 0.389 e. The van der Waals surface area contributed by atoms with E-state index in [4.69, 9.17) is 0 Å². The van der Waals surface area contributed by atoms with Crippen LogP contribution in [0.1, 0.15) is 25.0 Å². The van der Waals surface area contributed by atoms with Gasteiger partial charge in [0.1, 0.15) is 5.82 Å². The maximum Gasteiger partial charge on any atom is 0.389 e. The van der Waals surface area contributed by atoms with Crippen molar-refractivity contribution in [3.05, 3.63) is 18.1 Å². The van der Waals surface area contributed by atoms with Gasteiger partial charge in [-0.05, 0) is 19.8 Å². The Morgan fingerprint density at radius 1 is 1.19 bits per heavy atom. The average molecular weight is 233 g/mol. The van der Waals surface area contributed by atoms with Gasteiger partial charge in [0.2, 0.25) is 0 Å². The lowest BCUT2D eigenvalue weighted by Crippen LogP contribution is -2.09. The number of hydrogen-bond acceptors (Lipinski definition) is 3.